The van der Waals surface area contributed by atoms with Crippen molar-refractivity contribution < 1.29 is 23.8 Å². The van der Waals surface area contributed by atoms with Crippen molar-refractivity contribution in [3.8, 4) is 5.75 Å². The third kappa shape index (κ3) is 3.98. The zero-order valence-corrected chi connectivity index (χ0v) is 15.6. The smallest absolute Gasteiger partial charge is 0.268 e. The van der Waals surface area contributed by atoms with Gasteiger partial charge >= 0.3 is 0 Å². The second kappa shape index (κ2) is 7.84. The first-order valence-corrected chi connectivity index (χ1v) is 9.03. The standard InChI is InChI=1S/C20H24N2O5/c1-4-15-20(25)22(11-18(23)21-12(2)3)14-10-13(7-8-16(14)27-15)19(24)17-6-5-9-26-17/h5-10,12,15,19,24H,4,11H2,1-3H3,(H,21,23). The van der Waals surface area contributed by atoms with E-state index in [1.54, 1.807) is 30.3 Å². The van der Waals surface area contributed by atoms with Gasteiger partial charge in [0.1, 0.15) is 24.2 Å². The number of ether oxygens (including phenoxy) is 1. The molecule has 2 heterocycles. The zero-order valence-electron chi connectivity index (χ0n) is 15.6. The van der Waals surface area contributed by atoms with Crippen molar-refractivity contribution in [2.24, 2.45) is 0 Å². The van der Waals surface area contributed by atoms with E-state index >= 15 is 0 Å². The molecule has 3 rings (SSSR count). The van der Waals surface area contributed by atoms with Crippen LogP contribution in [0.5, 0.6) is 5.75 Å². The molecule has 144 valence electrons. The second-order valence-corrected chi connectivity index (χ2v) is 6.81. The Hall–Kier alpha value is -2.80. The molecule has 1 aliphatic rings. The minimum Gasteiger partial charge on any atom is -0.478 e. The van der Waals surface area contributed by atoms with Crippen molar-refractivity contribution in [1.82, 2.24) is 5.32 Å². The van der Waals surface area contributed by atoms with Gasteiger partial charge in [-0.05, 0) is 50.1 Å². The Balaban J connectivity index is 1.95. The van der Waals surface area contributed by atoms with Crippen LogP contribution in [0.15, 0.2) is 41.0 Å². The normalized spacial score (nSPS) is 17.4. The molecule has 1 aliphatic heterocycles. The molecule has 2 aromatic rings. The fourth-order valence-electron chi connectivity index (χ4n) is 3.05. The highest BCUT2D eigenvalue weighted by Crippen LogP contribution is 2.37. The van der Waals surface area contributed by atoms with Crippen LogP contribution >= 0.6 is 0 Å². The van der Waals surface area contributed by atoms with E-state index in [1.165, 1.54) is 11.2 Å². The maximum absolute atomic E-state index is 12.8. The molecule has 0 spiro atoms. The number of nitrogens with zero attached hydrogens (tertiary/aromatic N) is 1. The minimum absolute atomic E-state index is 0.0257. The number of aliphatic hydroxyl groups excluding tert-OH is 1. The molecule has 27 heavy (non-hydrogen) atoms. The molecule has 2 N–H and O–H groups in total. The van der Waals surface area contributed by atoms with Crippen LogP contribution in [0.25, 0.3) is 0 Å². The first-order valence-electron chi connectivity index (χ1n) is 9.03. The number of fused-ring (bicyclic) bond motifs is 1. The molecule has 1 aromatic carbocycles. The number of hydrogen-bond donors (Lipinski definition) is 2. The number of anilines is 1. The molecular formula is C20H24N2O5. The van der Waals surface area contributed by atoms with Gasteiger partial charge in [0, 0.05) is 6.04 Å². The van der Waals surface area contributed by atoms with Crippen molar-refractivity contribution in [1.29, 1.82) is 0 Å². The minimum atomic E-state index is -0.976. The summed E-state index contributed by atoms with van der Waals surface area (Å²) in [5.74, 6) is 0.384. The summed E-state index contributed by atoms with van der Waals surface area (Å²) in [5, 5.41) is 13.3. The quantitative estimate of drug-likeness (QED) is 0.812. The number of hydrogen-bond acceptors (Lipinski definition) is 5. The van der Waals surface area contributed by atoms with Gasteiger partial charge in [0.2, 0.25) is 5.91 Å². The van der Waals surface area contributed by atoms with Crippen molar-refractivity contribution in [2.75, 3.05) is 11.4 Å². The summed E-state index contributed by atoms with van der Waals surface area (Å²) in [6, 6.07) is 8.43. The van der Waals surface area contributed by atoms with Gasteiger partial charge in [0.25, 0.3) is 5.91 Å². The van der Waals surface area contributed by atoms with E-state index in [-0.39, 0.29) is 24.4 Å². The molecule has 7 nitrogen and oxygen atoms in total. The van der Waals surface area contributed by atoms with Crippen LogP contribution in [-0.4, -0.2) is 35.6 Å². The molecule has 0 fully saturated rings. The van der Waals surface area contributed by atoms with E-state index < -0.39 is 12.2 Å². The molecule has 0 radical (unpaired) electrons. The fourth-order valence-corrected chi connectivity index (χ4v) is 3.05. The Bertz CT molecular complexity index is 816. The van der Waals surface area contributed by atoms with Crippen LogP contribution < -0.4 is 15.0 Å². The number of benzene rings is 1. The molecular weight excluding hydrogens is 348 g/mol. The molecule has 0 bridgehead atoms. The summed E-state index contributed by atoms with van der Waals surface area (Å²) < 4.78 is 11.0. The predicted molar refractivity (Wildman–Crippen MR) is 99.6 cm³/mol. The van der Waals surface area contributed by atoms with Crippen molar-refractivity contribution >= 4 is 17.5 Å². The Morgan fingerprint density at radius 3 is 2.74 bits per heavy atom. The number of carbonyl (C=O) groups is 2. The maximum Gasteiger partial charge on any atom is 0.268 e. The summed E-state index contributed by atoms with van der Waals surface area (Å²) in [6.07, 6.45) is 0.371. The molecule has 2 atom stereocenters. The Morgan fingerprint density at radius 2 is 2.11 bits per heavy atom. The third-order valence-electron chi connectivity index (χ3n) is 4.34. The van der Waals surface area contributed by atoms with Gasteiger partial charge in [-0.25, -0.2) is 0 Å². The topological polar surface area (TPSA) is 92.0 Å². The molecule has 7 heteroatoms. The lowest BCUT2D eigenvalue weighted by Crippen LogP contribution is -2.50. The summed E-state index contributed by atoms with van der Waals surface area (Å²) in [6.45, 7) is 5.47. The molecule has 0 saturated heterocycles. The average Bonchev–Trinajstić information content (AvgIpc) is 3.17. The van der Waals surface area contributed by atoms with E-state index in [2.05, 4.69) is 5.32 Å². The third-order valence-corrected chi connectivity index (χ3v) is 4.34. The lowest BCUT2D eigenvalue weighted by atomic mass is 10.0. The lowest BCUT2D eigenvalue weighted by molar-refractivity contribution is -0.129. The average molecular weight is 372 g/mol. The molecule has 2 unspecified atom stereocenters. The first-order chi connectivity index (χ1) is 12.9. The van der Waals surface area contributed by atoms with Gasteiger partial charge in [-0.3, -0.25) is 14.5 Å². The number of amides is 2. The van der Waals surface area contributed by atoms with Crippen LogP contribution in [-0.2, 0) is 9.59 Å². The summed E-state index contributed by atoms with van der Waals surface area (Å²) in [7, 11) is 0. The van der Waals surface area contributed by atoms with Gasteiger partial charge in [-0.1, -0.05) is 13.0 Å². The van der Waals surface area contributed by atoms with Crippen molar-refractivity contribution in [2.45, 2.75) is 45.4 Å². The lowest BCUT2D eigenvalue weighted by Gasteiger charge is -2.34. The Labute approximate surface area is 157 Å². The summed E-state index contributed by atoms with van der Waals surface area (Å²) >= 11 is 0. The monoisotopic (exact) mass is 372 g/mol. The van der Waals surface area contributed by atoms with Crippen LogP contribution in [0, 0.1) is 0 Å². The van der Waals surface area contributed by atoms with E-state index in [0.29, 0.717) is 29.2 Å². The van der Waals surface area contributed by atoms with Gasteiger partial charge in [0.15, 0.2) is 6.10 Å². The van der Waals surface area contributed by atoms with E-state index in [0.717, 1.165) is 0 Å². The van der Waals surface area contributed by atoms with Gasteiger partial charge < -0.3 is 19.6 Å². The summed E-state index contributed by atoms with van der Waals surface area (Å²) in [5.41, 5.74) is 1.01. The summed E-state index contributed by atoms with van der Waals surface area (Å²) in [4.78, 5) is 26.5. The maximum atomic E-state index is 12.8. The zero-order chi connectivity index (χ0) is 19.6. The highest BCUT2D eigenvalue weighted by Gasteiger charge is 2.35. The second-order valence-electron chi connectivity index (χ2n) is 6.81. The fraction of sp³-hybridized carbons (Fsp3) is 0.400. The van der Waals surface area contributed by atoms with Crippen molar-refractivity contribution in [3.05, 3.63) is 47.9 Å². The van der Waals surface area contributed by atoms with Gasteiger partial charge in [0.05, 0.1) is 12.0 Å². The number of rotatable bonds is 6. The Morgan fingerprint density at radius 1 is 1.33 bits per heavy atom. The Kier molecular flexibility index (Phi) is 5.51. The largest absolute Gasteiger partial charge is 0.478 e. The van der Waals surface area contributed by atoms with E-state index in [9.17, 15) is 14.7 Å². The number of carbonyl (C=O) groups excluding carboxylic acids is 2. The molecule has 0 saturated carbocycles. The number of nitrogens with one attached hydrogen (secondary N) is 1. The SMILES string of the molecule is CCC1Oc2ccc(C(O)c3ccco3)cc2N(CC(=O)NC(C)C)C1=O. The highest BCUT2D eigenvalue weighted by molar-refractivity contribution is 6.04. The number of aliphatic hydroxyl groups is 1. The molecule has 1 aromatic heterocycles. The number of furan rings is 1. The van der Waals surface area contributed by atoms with Crippen LogP contribution in [0.4, 0.5) is 5.69 Å². The van der Waals surface area contributed by atoms with Gasteiger partial charge in [-0.2, -0.15) is 0 Å². The predicted octanol–water partition coefficient (Wildman–Crippen LogP) is 2.39. The van der Waals surface area contributed by atoms with Crippen LogP contribution in [0.1, 0.15) is 44.6 Å². The van der Waals surface area contributed by atoms with Crippen LogP contribution in [0.2, 0.25) is 0 Å². The van der Waals surface area contributed by atoms with Crippen molar-refractivity contribution in [3.63, 3.8) is 0 Å². The van der Waals surface area contributed by atoms with E-state index in [4.69, 9.17) is 9.15 Å². The van der Waals surface area contributed by atoms with E-state index in [1.807, 2.05) is 20.8 Å². The molecule has 0 aliphatic carbocycles. The first kappa shape index (κ1) is 19.0. The highest BCUT2D eigenvalue weighted by atomic mass is 16.5. The van der Waals surface area contributed by atoms with Gasteiger partial charge in [-0.15, -0.1) is 0 Å². The van der Waals surface area contributed by atoms with Crippen LogP contribution in [0.3, 0.4) is 0 Å². The molecule has 2 amide bonds.